The Labute approximate surface area is 169 Å². The molecule has 0 saturated heterocycles. The van der Waals surface area contributed by atoms with Gasteiger partial charge in [-0.25, -0.2) is 4.98 Å². The van der Waals surface area contributed by atoms with Gasteiger partial charge in [0.15, 0.2) is 0 Å². The number of hydrogen-bond acceptors (Lipinski definition) is 6. The van der Waals surface area contributed by atoms with Crippen molar-refractivity contribution < 1.29 is 14.3 Å². The summed E-state index contributed by atoms with van der Waals surface area (Å²) < 4.78 is 12.2. The van der Waals surface area contributed by atoms with E-state index in [1.165, 1.54) is 30.6 Å². The second-order valence-corrected chi connectivity index (χ2v) is 9.71. The maximum absolute atomic E-state index is 12.5. The SMILES string of the molecule is CC1(C)Cc2nc3sc4c(c3cc2CO1)N(COC1CCCCC1)CNC4=O. The van der Waals surface area contributed by atoms with Gasteiger partial charge < -0.3 is 19.7 Å². The van der Waals surface area contributed by atoms with Crippen LogP contribution in [0, 0.1) is 0 Å². The number of thiophene rings is 1. The molecule has 2 aliphatic heterocycles. The molecule has 0 unspecified atom stereocenters. The van der Waals surface area contributed by atoms with Gasteiger partial charge >= 0.3 is 0 Å². The minimum atomic E-state index is -0.193. The molecule has 0 spiro atoms. The van der Waals surface area contributed by atoms with Crippen LogP contribution in [0.4, 0.5) is 5.69 Å². The Morgan fingerprint density at radius 3 is 3.00 bits per heavy atom. The number of ether oxygens (including phenoxy) is 2. The first kappa shape index (κ1) is 18.3. The first-order valence-electron chi connectivity index (χ1n) is 10.2. The normalized spacial score (nSPS) is 22.1. The van der Waals surface area contributed by atoms with Gasteiger partial charge in [0, 0.05) is 17.4 Å². The third-order valence-electron chi connectivity index (χ3n) is 6.01. The zero-order valence-electron chi connectivity index (χ0n) is 16.5. The van der Waals surface area contributed by atoms with Crippen molar-refractivity contribution in [2.75, 3.05) is 18.3 Å². The highest BCUT2D eigenvalue weighted by molar-refractivity contribution is 7.21. The summed E-state index contributed by atoms with van der Waals surface area (Å²) in [6.07, 6.45) is 7.22. The van der Waals surface area contributed by atoms with E-state index in [-0.39, 0.29) is 11.5 Å². The van der Waals surface area contributed by atoms with Gasteiger partial charge in [-0.1, -0.05) is 19.3 Å². The molecule has 150 valence electrons. The Bertz CT molecular complexity index is 917. The number of pyridine rings is 1. The van der Waals surface area contributed by atoms with Crippen LogP contribution in [0.25, 0.3) is 10.2 Å². The Hall–Kier alpha value is -1.70. The highest BCUT2D eigenvalue weighted by Gasteiger charge is 2.32. The lowest BCUT2D eigenvalue weighted by Gasteiger charge is -2.32. The maximum Gasteiger partial charge on any atom is 0.264 e. The first-order valence-corrected chi connectivity index (χ1v) is 11.1. The molecule has 1 aliphatic carbocycles. The van der Waals surface area contributed by atoms with Crippen molar-refractivity contribution >= 4 is 33.1 Å². The minimum absolute atomic E-state index is 0.0125. The molecular formula is C21H27N3O3S. The molecule has 7 heteroatoms. The average Bonchev–Trinajstić information content (AvgIpc) is 3.05. The Kier molecular flexibility index (Phi) is 4.56. The number of hydrogen-bond donors (Lipinski definition) is 1. The smallest absolute Gasteiger partial charge is 0.264 e. The van der Waals surface area contributed by atoms with Crippen LogP contribution in [0.2, 0.25) is 0 Å². The maximum atomic E-state index is 12.5. The standard InChI is InChI=1S/C21H27N3O3S/c1-21(2)9-16-13(10-27-21)8-15-17-18(28-20(15)23-16)19(25)22-11-24(17)12-26-14-6-4-3-5-7-14/h8,14H,3-7,9-12H2,1-2H3,(H,22,25). The lowest BCUT2D eigenvalue weighted by molar-refractivity contribution is -0.0411. The van der Waals surface area contributed by atoms with Crippen molar-refractivity contribution in [2.45, 2.75) is 70.7 Å². The number of amides is 1. The Morgan fingerprint density at radius 2 is 2.18 bits per heavy atom. The van der Waals surface area contributed by atoms with Gasteiger partial charge in [-0.3, -0.25) is 4.79 Å². The Balaban J connectivity index is 1.48. The molecule has 1 fully saturated rings. The average molecular weight is 402 g/mol. The van der Waals surface area contributed by atoms with Gasteiger partial charge in [-0.2, -0.15) is 0 Å². The van der Waals surface area contributed by atoms with E-state index in [1.54, 1.807) is 0 Å². The molecule has 0 atom stereocenters. The number of aromatic nitrogens is 1. The summed E-state index contributed by atoms with van der Waals surface area (Å²) in [5.74, 6) is -0.0125. The lowest BCUT2D eigenvalue weighted by atomic mass is 9.95. The summed E-state index contributed by atoms with van der Waals surface area (Å²) in [5.41, 5.74) is 3.00. The molecule has 3 aliphatic rings. The lowest BCUT2D eigenvalue weighted by Crippen LogP contribution is -2.44. The first-order chi connectivity index (χ1) is 13.5. The van der Waals surface area contributed by atoms with E-state index >= 15 is 0 Å². The summed E-state index contributed by atoms with van der Waals surface area (Å²) in [7, 11) is 0. The fraction of sp³-hybridized carbons (Fsp3) is 0.619. The van der Waals surface area contributed by atoms with Crippen LogP contribution in [0.1, 0.15) is 66.9 Å². The van der Waals surface area contributed by atoms with Gasteiger partial charge in [0.25, 0.3) is 5.91 Å². The van der Waals surface area contributed by atoms with Crippen LogP contribution in [0.3, 0.4) is 0 Å². The zero-order chi connectivity index (χ0) is 19.3. The molecule has 6 nitrogen and oxygen atoms in total. The molecule has 1 amide bonds. The van der Waals surface area contributed by atoms with E-state index in [2.05, 4.69) is 30.1 Å². The molecule has 2 aromatic heterocycles. The predicted molar refractivity (Wildman–Crippen MR) is 110 cm³/mol. The summed E-state index contributed by atoms with van der Waals surface area (Å²) >= 11 is 1.48. The Morgan fingerprint density at radius 1 is 1.36 bits per heavy atom. The van der Waals surface area contributed by atoms with Gasteiger partial charge in [-0.05, 0) is 32.8 Å². The van der Waals surface area contributed by atoms with Crippen molar-refractivity contribution in [3.63, 3.8) is 0 Å². The van der Waals surface area contributed by atoms with Crippen molar-refractivity contribution in [1.29, 1.82) is 0 Å². The van der Waals surface area contributed by atoms with Crippen molar-refractivity contribution in [3.05, 3.63) is 22.2 Å². The molecule has 0 bridgehead atoms. The monoisotopic (exact) mass is 401 g/mol. The predicted octanol–water partition coefficient (Wildman–Crippen LogP) is 3.96. The number of nitrogens with zero attached hydrogens (tertiary/aromatic N) is 2. The molecule has 5 rings (SSSR count). The van der Waals surface area contributed by atoms with E-state index in [0.29, 0.717) is 26.1 Å². The number of rotatable bonds is 3. The summed E-state index contributed by atoms with van der Waals surface area (Å²) in [4.78, 5) is 21.3. The molecule has 28 heavy (non-hydrogen) atoms. The molecule has 1 saturated carbocycles. The molecule has 0 radical (unpaired) electrons. The minimum Gasteiger partial charge on any atom is -0.370 e. The van der Waals surface area contributed by atoms with Crippen molar-refractivity contribution in [3.8, 4) is 0 Å². The second-order valence-electron chi connectivity index (χ2n) is 8.71. The fourth-order valence-corrected chi connectivity index (χ4v) is 5.54. The van der Waals surface area contributed by atoms with E-state index < -0.39 is 0 Å². The van der Waals surface area contributed by atoms with Crippen LogP contribution in [0.5, 0.6) is 0 Å². The van der Waals surface area contributed by atoms with Gasteiger partial charge in [0.1, 0.15) is 16.4 Å². The quantitative estimate of drug-likeness (QED) is 0.843. The molecular weight excluding hydrogens is 374 g/mol. The van der Waals surface area contributed by atoms with E-state index in [0.717, 1.165) is 51.3 Å². The largest absolute Gasteiger partial charge is 0.370 e. The third kappa shape index (κ3) is 3.29. The molecule has 1 N–H and O–H groups in total. The highest BCUT2D eigenvalue weighted by Crippen LogP contribution is 2.41. The third-order valence-corrected chi connectivity index (χ3v) is 7.10. The second kappa shape index (κ2) is 6.97. The molecule has 2 aromatic rings. The molecule has 0 aromatic carbocycles. The number of anilines is 1. The van der Waals surface area contributed by atoms with E-state index in [9.17, 15) is 4.79 Å². The van der Waals surface area contributed by atoms with E-state index in [1.807, 2.05) is 0 Å². The zero-order valence-corrected chi connectivity index (χ0v) is 17.4. The number of fused-ring (bicyclic) bond motifs is 4. The van der Waals surface area contributed by atoms with Gasteiger partial charge in [0.2, 0.25) is 0 Å². The van der Waals surface area contributed by atoms with E-state index in [4.69, 9.17) is 14.5 Å². The van der Waals surface area contributed by atoms with Crippen LogP contribution in [-0.2, 0) is 22.5 Å². The van der Waals surface area contributed by atoms with Crippen molar-refractivity contribution in [2.24, 2.45) is 0 Å². The van der Waals surface area contributed by atoms with Crippen LogP contribution in [0.15, 0.2) is 6.07 Å². The number of carbonyl (C=O) groups excluding carboxylic acids is 1. The fourth-order valence-electron chi connectivity index (χ4n) is 4.43. The van der Waals surface area contributed by atoms with Crippen molar-refractivity contribution in [1.82, 2.24) is 10.3 Å². The van der Waals surface area contributed by atoms with Crippen LogP contribution < -0.4 is 10.2 Å². The van der Waals surface area contributed by atoms with Gasteiger partial charge in [0.05, 0.1) is 36.4 Å². The highest BCUT2D eigenvalue weighted by atomic mass is 32.1. The number of nitrogens with one attached hydrogen (secondary N) is 1. The van der Waals surface area contributed by atoms with Crippen LogP contribution >= 0.6 is 11.3 Å². The topological polar surface area (TPSA) is 63.7 Å². The number of carbonyl (C=O) groups is 1. The van der Waals surface area contributed by atoms with Crippen LogP contribution in [-0.4, -0.2) is 36.0 Å². The summed E-state index contributed by atoms with van der Waals surface area (Å²) in [6, 6.07) is 2.18. The molecule has 4 heterocycles. The van der Waals surface area contributed by atoms with Gasteiger partial charge in [-0.15, -0.1) is 11.3 Å². The summed E-state index contributed by atoms with van der Waals surface area (Å²) in [5, 5.41) is 4.03. The summed E-state index contributed by atoms with van der Waals surface area (Å²) in [6.45, 7) is 5.74.